The second kappa shape index (κ2) is 5.35. The van der Waals surface area contributed by atoms with Crippen molar-refractivity contribution in [2.45, 2.75) is 39.2 Å². The molecule has 3 atom stereocenters. The number of hydrogen-bond donors (Lipinski definition) is 1. The normalized spacial score (nSPS) is 25.9. The van der Waals surface area contributed by atoms with Crippen LogP contribution in [-0.4, -0.2) is 15.9 Å². The number of hydrogen-bond acceptors (Lipinski definition) is 5. The Hall–Kier alpha value is -2.11. The molecule has 21 heavy (non-hydrogen) atoms. The zero-order valence-corrected chi connectivity index (χ0v) is 12.2. The molecule has 0 bridgehead atoms. The van der Waals surface area contributed by atoms with Crippen molar-refractivity contribution >= 4 is 22.8 Å². The quantitative estimate of drug-likeness (QED) is 0.683. The van der Waals surface area contributed by atoms with Gasteiger partial charge < -0.3 is 9.73 Å². The van der Waals surface area contributed by atoms with Gasteiger partial charge >= 0.3 is 0 Å². The minimum absolute atomic E-state index is 0.0189. The molecule has 0 radical (unpaired) electrons. The van der Waals surface area contributed by atoms with Crippen LogP contribution in [0.2, 0.25) is 0 Å². The highest BCUT2D eigenvalue weighted by molar-refractivity contribution is 5.84. The van der Waals surface area contributed by atoms with Crippen molar-refractivity contribution < 1.29 is 9.34 Å². The summed E-state index contributed by atoms with van der Waals surface area (Å²) in [5.74, 6) is 1.29. The molecular formula is C15H19N3O3. The van der Waals surface area contributed by atoms with E-state index in [0.717, 1.165) is 12.3 Å². The summed E-state index contributed by atoms with van der Waals surface area (Å²) in [4.78, 5) is 14.8. The van der Waals surface area contributed by atoms with Gasteiger partial charge in [0, 0.05) is 12.1 Å². The first-order valence-corrected chi connectivity index (χ1v) is 7.35. The number of rotatable bonds is 3. The second-order valence-corrected chi connectivity index (χ2v) is 6.05. The molecule has 1 aromatic carbocycles. The van der Waals surface area contributed by atoms with Gasteiger partial charge in [0.05, 0.1) is 4.92 Å². The molecule has 0 aliphatic heterocycles. The maximum Gasteiger partial charge on any atom is 0.298 e. The number of fused-ring (bicyclic) bond motifs is 1. The Morgan fingerprint density at radius 1 is 1.38 bits per heavy atom. The predicted octanol–water partition coefficient (Wildman–Crippen LogP) is 3.97. The first-order valence-electron chi connectivity index (χ1n) is 7.35. The highest BCUT2D eigenvalue weighted by atomic mass is 16.6. The van der Waals surface area contributed by atoms with Crippen molar-refractivity contribution in [1.29, 1.82) is 0 Å². The summed E-state index contributed by atoms with van der Waals surface area (Å²) >= 11 is 0. The van der Waals surface area contributed by atoms with Gasteiger partial charge in [-0.15, -0.1) is 0 Å². The van der Waals surface area contributed by atoms with Crippen LogP contribution in [0.4, 0.5) is 11.7 Å². The van der Waals surface area contributed by atoms with Gasteiger partial charge in [-0.05, 0) is 37.2 Å². The third-order valence-electron chi connectivity index (χ3n) is 4.33. The van der Waals surface area contributed by atoms with Crippen LogP contribution in [0.1, 0.15) is 33.1 Å². The summed E-state index contributed by atoms with van der Waals surface area (Å²) in [5.41, 5.74) is 0.736. The van der Waals surface area contributed by atoms with Gasteiger partial charge in [-0.3, -0.25) is 10.1 Å². The molecule has 1 aromatic heterocycles. The highest BCUT2D eigenvalue weighted by Gasteiger charge is 2.27. The number of non-ortho nitro benzene ring substituents is 1. The average Bonchev–Trinajstić information content (AvgIpc) is 2.83. The Kier molecular flexibility index (Phi) is 3.53. The number of para-hydroxylation sites is 1. The molecule has 1 saturated carbocycles. The van der Waals surface area contributed by atoms with Gasteiger partial charge in [0.2, 0.25) is 0 Å². The van der Waals surface area contributed by atoms with Crippen LogP contribution in [0.5, 0.6) is 0 Å². The van der Waals surface area contributed by atoms with Gasteiger partial charge in [0.25, 0.3) is 11.7 Å². The van der Waals surface area contributed by atoms with Crippen molar-refractivity contribution in [2.75, 3.05) is 5.32 Å². The van der Waals surface area contributed by atoms with E-state index in [1.807, 2.05) is 0 Å². The summed E-state index contributed by atoms with van der Waals surface area (Å²) in [5, 5.41) is 14.3. The van der Waals surface area contributed by atoms with E-state index in [-0.39, 0.29) is 5.69 Å². The molecule has 0 spiro atoms. The molecule has 1 heterocycles. The molecule has 1 N–H and O–H groups in total. The first kappa shape index (κ1) is 13.9. The lowest BCUT2D eigenvalue weighted by Gasteiger charge is -2.32. The van der Waals surface area contributed by atoms with Crippen LogP contribution >= 0.6 is 0 Å². The van der Waals surface area contributed by atoms with Gasteiger partial charge in [0.15, 0.2) is 11.1 Å². The van der Waals surface area contributed by atoms with E-state index in [0.29, 0.717) is 29.1 Å². The minimum atomic E-state index is -0.431. The lowest BCUT2D eigenvalue weighted by Crippen LogP contribution is -2.33. The van der Waals surface area contributed by atoms with E-state index in [1.54, 1.807) is 12.1 Å². The number of nitrogens with one attached hydrogen (secondary N) is 1. The van der Waals surface area contributed by atoms with E-state index in [4.69, 9.17) is 4.42 Å². The molecular weight excluding hydrogens is 270 g/mol. The lowest BCUT2D eigenvalue weighted by molar-refractivity contribution is -0.383. The third kappa shape index (κ3) is 2.70. The molecule has 1 fully saturated rings. The van der Waals surface area contributed by atoms with E-state index in [9.17, 15) is 10.1 Å². The topological polar surface area (TPSA) is 81.2 Å². The molecule has 0 saturated heterocycles. The zero-order valence-electron chi connectivity index (χ0n) is 12.2. The highest BCUT2D eigenvalue weighted by Crippen LogP contribution is 2.32. The van der Waals surface area contributed by atoms with Crippen LogP contribution in [-0.2, 0) is 0 Å². The van der Waals surface area contributed by atoms with Gasteiger partial charge in [-0.25, -0.2) is 0 Å². The Labute approximate surface area is 122 Å². The van der Waals surface area contributed by atoms with Crippen LogP contribution in [0, 0.1) is 22.0 Å². The van der Waals surface area contributed by atoms with Crippen molar-refractivity contribution in [2.24, 2.45) is 11.8 Å². The number of nitrogens with zero attached hydrogens (tertiary/aromatic N) is 2. The standard InChI is InChI=1S/C15H19N3O3/c1-9-6-7-11(10(2)8-9)16-15-17-14-12(18(19)20)4-3-5-13(14)21-15/h3-5,9-11H,6-8H2,1-2H3,(H,16,17). The minimum Gasteiger partial charge on any atom is -0.423 e. The number of anilines is 1. The maximum atomic E-state index is 11.0. The van der Waals surface area contributed by atoms with E-state index in [2.05, 4.69) is 24.1 Å². The molecule has 2 aromatic rings. The van der Waals surface area contributed by atoms with Gasteiger partial charge in [-0.1, -0.05) is 19.9 Å². The van der Waals surface area contributed by atoms with Crippen molar-refractivity contribution in [3.8, 4) is 0 Å². The Bertz CT molecular complexity index is 667. The number of benzene rings is 1. The molecule has 112 valence electrons. The molecule has 1 aliphatic rings. The SMILES string of the molecule is CC1CCC(Nc2nc3c([N+](=O)[O-])cccc3o2)C(C)C1. The Morgan fingerprint density at radius 3 is 2.90 bits per heavy atom. The summed E-state index contributed by atoms with van der Waals surface area (Å²) in [6.45, 7) is 4.49. The first-order chi connectivity index (χ1) is 10.0. The molecule has 6 heteroatoms. The predicted molar refractivity (Wildman–Crippen MR) is 80.3 cm³/mol. The summed E-state index contributed by atoms with van der Waals surface area (Å²) in [7, 11) is 0. The lowest BCUT2D eigenvalue weighted by atomic mass is 9.80. The van der Waals surface area contributed by atoms with Crippen LogP contribution in [0.25, 0.3) is 11.1 Å². The van der Waals surface area contributed by atoms with Crippen molar-refractivity contribution in [3.63, 3.8) is 0 Å². The summed E-state index contributed by atoms with van der Waals surface area (Å²) < 4.78 is 5.61. The van der Waals surface area contributed by atoms with Crippen LogP contribution in [0.3, 0.4) is 0 Å². The zero-order chi connectivity index (χ0) is 15.0. The Balaban J connectivity index is 1.85. The molecule has 0 amide bonds. The van der Waals surface area contributed by atoms with Gasteiger partial charge in [0.1, 0.15) is 0 Å². The smallest absolute Gasteiger partial charge is 0.298 e. The maximum absolute atomic E-state index is 11.0. The largest absolute Gasteiger partial charge is 0.423 e. The summed E-state index contributed by atoms with van der Waals surface area (Å²) in [6.07, 6.45) is 3.43. The van der Waals surface area contributed by atoms with Crippen LogP contribution in [0.15, 0.2) is 22.6 Å². The van der Waals surface area contributed by atoms with Crippen molar-refractivity contribution in [1.82, 2.24) is 4.98 Å². The fourth-order valence-electron chi connectivity index (χ4n) is 3.18. The molecule has 1 aliphatic carbocycles. The number of aromatic nitrogens is 1. The average molecular weight is 289 g/mol. The number of oxazole rings is 1. The Morgan fingerprint density at radius 2 is 2.19 bits per heavy atom. The van der Waals surface area contributed by atoms with Gasteiger partial charge in [-0.2, -0.15) is 4.98 Å². The van der Waals surface area contributed by atoms with E-state index >= 15 is 0 Å². The van der Waals surface area contributed by atoms with E-state index < -0.39 is 4.92 Å². The fraction of sp³-hybridized carbons (Fsp3) is 0.533. The number of nitro groups is 1. The fourth-order valence-corrected chi connectivity index (χ4v) is 3.18. The van der Waals surface area contributed by atoms with Crippen molar-refractivity contribution in [3.05, 3.63) is 28.3 Å². The summed E-state index contributed by atoms with van der Waals surface area (Å²) in [6, 6.07) is 5.45. The monoisotopic (exact) mass is 289 g/mol. The third-order valence-corrected chi connectivity index (χ3v) is 4.33. The molecule has 3 rings (SSSR count). The second-order valence-electron chi connectivity index (χ2n) is 6.05. The molecule has 3 unspecified atom stereocenters. The number of nitro benzene ring substituents is 1. The molecule has 6 nitrogen and oxygen atoms in total. The van der Waals surface area contributed by atoms with E-state index in [1.165, 1.54) is 18.9 Å². The van der Waals surface area contributed by atoms with Crippen LogP contribution < -0.4 is 5.32 Å².